The molecule has 5 nitrogen and oxygen atoms in total. The van der Waals surface area contributed by atoms with Crippen LogP contribution in [0.15, 0.2) is 18.7 Å². The normalized spacial score (nSPS) is 12.0. The van der Waals surface area contributed by atoms with Crippen LogP contribution >= 0.6 is 0 Å². The van der Waals surface area contributed by atoms with Crippen molar-refractivity contribution < 1.29 is 17.8 Å². The number of aromatic nitrogens is 2. The second-order valence-corrected chi connectivity index (χ2v) is 7.71. The van der Waals surface area contributed by atoms with Gasteiger partial charge in [0.05, 0.1) is 13.1 Å². The fourth-order valence-electron chi connectivity index (χ4n) is 2.44. The van der Waals surface area contributed by atoms with Crippen LogP contribution < -0.4 is 4.57 Å². The van der Waals surface area contributed by atoms with E-state index in [1.54, 1.807) is 0 Å². The molecule has 0 radical (unpaired) electrons. The van der Waals surface area contributed by atoms with Crippen LogP contribution in [0.4, 0.5) is 0 Å². The highest BCUT2D eigenvalue weighted by molar-refractivity contribution is 6.60. The maximum atomic E-state index is 5.87. The van der Waals surface area contributed by atoms with Gasteiger partial charge in [0.15, 0.2) is 0 Å². The van der Waals surface area contributed by atoms with Crippen molar-refractivity contribution in [3.05, 3.63) is 18.7 Å². The summed E-state index contributed by atoms with van der Waals surface area (Å²) in [6.07, 6.45) is 8.58. The number of nitrogens with zero attached hydrogens (tertiary/aromatic N) is 2. The molecule has 0 aliphatic heterocycles. The first-order valence-corrected chi connectivity index (χ1v) is 10.1. The summed E-state index contributed by atoms with van der Waals surface area (Å²) in [7, 11) is -2.48. The third kappa shape index (κ3) is 6.30. The molecule has 0 spiro atoms. The molecule has 1 heterocycles. The van der Waals surface area contributed by atoms with Crippen LogP contribution in [0.1, 0.15) is 40.5 Å². The summed E-state index contributed by atoms with van der Waals surface area (Å²) in [6.45, 7) is 12.2. The van der Waals surface area contributed by atoms with E-state index in [9.17, 15) is 0 Å². The van der Waals surface area contributed by atoms with Gasteiger partial charge in [-0.15, -0.1) is 0 Å². The molecular formula is C15H31N2O3Si+. The second kappa shape index (κ2) is 10.1. The van der Waals surface area contributed by atoms with Gasteiger partial charge in [-0.1, -0.05) is 6.92 Å². The van der Waals surface area contributed by atoms with E-state index in [1.807, 2.05) is 20.8 Å². The average Bonchev–Trinajstić information content (AvgIpc) is 2.88. The van der Waals surface area contributed by atoms with E-state index in [0.717, 1.165) is 32.0 Å². The van der Waals surface area contributed by atoms with Gasteiger partial charge in [0.1, 0.15) is 12.4 Å². The first-order chi connectivity index (χ1) is 10.2. The maximum absolute atomic E-state index is 5.87. The summed E-state index contributed by atoms with van der Waals surface area (Å²) in [5.41, 5.74) is 0. The Labute approximate surface area is 130 Å². The molecule has 0 aliphatic rings. The van der Waals surface area contributed by atoms with Crippen molar-refractivity contribution >= 4 is 8.80 Å². The number of hydrogen-bond acceptors (Lipinski definition) is 3. The molecule has 1 aromatic heterocycles. The van der Waals surface area contributed by atoms with Crippen molar-refractivity contribution in [1.29, 1.82) is 0 Å². The summed E-state index contributed by atoms with van der Waals surface area (Å²) >= 11 is 0. The molecule has 0 saturated heterocycles. The Morgan fingerprint density at radius 2 is 1.62 bits per heavy atom. The van der Waals surface area contributed by atoms with E-state index in [2.05, 4.69) is 34.8 Å². The third-order valence-electron chi connectivity index (χ3n) is 3.22. The van der Waals surface area contributed by atoms with Gasteiger partial charge >= 0.3 is 8.80 Å². The van der Waals surface area contributed by atoms with Gasteiger partial charge in [-0.05, 0) is 33.6 Å². The standard InChI is InChI=1S/C15H31N2O3Si/c1-5-10-16-12-13-17(15-16)11-9-14-21(18-6-2,19-7-3)20-8-4/h12-13,15H,5-11,14H2,1-4H3/q+1. The molecule has 0 saturated carbocycles. The first-order valence-electron chi connectivity index (χ1n) is 8.16. The lowest BCUT2D eigenvalue weighted by Gasteiger charge is -2.28. The lowest BCUT2D eigenvalue weighted by atomic mass is 10.5. The predicted octanol–water partition coefficient (Wildman–Crippen LogP) is 2.62. The Balaban J connectivity index is 2.50. The molecule has 0 bridgehead atoms. The van der Waals surface area contributed by atoms with Crippen LogP contribution in [-0.2, 0) is 26.4 Å². The zero-order valence-electron chi connectivity index (χ0n) is 14.0. The monoisotopic (exact) mass is 315 g/mol. The molecule has 21 heavy (non-hydrogen) atoms. The highest BCUT2D eigenvalue weighted by Gasteiger charge is 2.39. The lowest BCUT2D eigenvalue weighted by molar-refractivity contribution is -0.696. The van der Waals surface area contributed by atoms with E-state index in [-0.39, 0.29) is 0 Å². The first kappa shape index (κ1) is 18.4. The molecule has 0 amide bonds. The van der Waals surface area contributed by atoms with Gasteiger partial charge in [-0.2, -0.15) is 0 Å². The quantitative estimate of drug-likeness (QED) is 0.439. The molecule has 0 unspecified atom stereocenters. The van der Waals surface area contributed by atoms with Crippen LogP contribution in [0.25, 0.3) is 0 Å². The van der Waals surface area contributed by atoms with E-state index < -0.39 is 8.80 Å². The Bertz CT molecular complexity index is 368. The van der Waals surface area contributed by atoms with Crippen LogP contribution in [-0.4, -0.2) is 33.2 Å². The van der Waals surface area contributed by atoms with Crippen molar-refractivity contribution in [1.82, 2.24) is 4.57 Å². The van der Waals surface area contributed by atoms with Crippen molar-refractivity contribution in [2.45, 2.75) is 59.7 Å². The molecule has 6 heteroatoms. The van der Waals surface area contributed by atoms with Crippen LogP contribution in [0.2, 0.25) is 6.04 Å². The van der Waals surface area contributed by atoms with Gasteiger partial charge < -0.3 is 13.3 Å². The zero-order chi connectivity index (χ0) is 15.6. The molecule has 0 fully saturated rings. The largest absolute Gasteiger partial charge is 0.501 e. The number of hydrogen-bond donors (Lipinski definition) is 0. The number of imidazole rings is 1. The van der Waals surface area contributed by atoms with Crippen LogP contribution in [0.5, 0.6) is 0 Å². The summed E-state index contributed by atoms with van der Waals surface area (Å²) in [5, 5.41) is 0. The van der Waals surface area contributed by atoms with E-state index >= 15 is 0 Å². The fourth-order valence-corrected chi connectivity index (χ4v) is 5.03. The Morgan fingerprint density at radius 3 is 2.14 bits per heavy atom. The lowest BCUT2D eigenvalue weighted by Crippen LogP contribution is -2.46. The highest BCUT2D eigenvalue weighted by Crippen LogP contribution is 2.18. The number of aryl methyl sites for hydroxylation is 2. The minimum absolute atomic E-state index is 0.645. The minimum atomic E-state index is -2.48. The molecule has 0 atom stereocenters. The molecule has 1 rings (SSSR count). The van der Waals surface area contributed by atoms with Crippen molar-refractivity contribution in [3.8, 4) is 0 Å². The van der Waals surface area contributed by atoms with Crippen LogP contribution in [0, 0.1) is 0 Å². The Kier molecular flexibility index (Phi) is 8.83. The van der Waals surface area contributed by atoms with Crippen LogP contribution in [0.3, 0.4) is 0 Å². The van der Waals surface area contributed by atoms with Gasteiger partial charge in [0.2, 0.25) is 6.33 Å². The third-order valence-corrected chi connectivity index (χ3v) is 6.37. The smallest absolute Gasteiger partial charge is 0.374 e. The van der Waals surface area contributed by atoms with Gasteiger partial charge in [-0.25, -0.2) is 9.13 Å². The van der Waals surface area contributed by atoms with E-state index in [4.69, 9.17) is 13.3 Å². The molecular weight excluding hydrogens is 284 g/mol. The van der Waals surface area contributed by atoms with Gasteiger partial charge in [0.25, 0.3) is 0 Å². The summed E-state index contributed by atoms with van der Waals surface area (Å²) in [6, 6.07) is 0.870. The predicted molar refractivity (Wildman–Crippen MR) is 85.0 cm³/mol. The molecule has 0 aromatic carbocycles. The van der Waals surface area contributed by atoms with Gasteiger partial charge in [-0.3, -0.25) is 0 Å². The molecule has 0 aliphatic carbocycles. The summed E-state index contributed by atoms with van der Waals surface area (Å²) in [4.78, 5) is 0. The topological polar surface area (TPSA) is 36.5 Å². The average molecular weight is 316 g/mol. The molecule has 0 N–H and O–H groups in total. The second-order valence-electron chi connectivity index (χ2n) is 4.97. The van der Waals surface area contributed by atoms with Gasteiger partial charge in [0, 0.05) is 25.9 Å². The van der Waals surface area contributed by atoms with E-state index in [0.29, 0.717) is 19.8 Å². The molecule has 1 aromatic rings. The fraction of sp³-hybridized carbons (Fsp3) is 0.800. The number of rotatable bonds is 12. The molecule has 122 valence electrons. The minimum Gasteiger partial charge on any atom is -0.374 e. The Hall–Kier alpha value is -0.693. The zero-order valence-corrected chi connectivity index (χ0v) is 15.0. The Morgan fingerprint density at radius 1 is 1.00 bits per heavy atom. The van der Waals surface area contributed by atoms with E-state index in [1.165, 1.54) is 0 Å². The maximum Gasteiger partial charge on any atom is 0.501 e. The highest BCUT2D eigenvalue weighted by atomic mass is 28.4. The summed E-state index contributed by atoms with van der Waals surface area (Å²) < 4.78 is 22.1. The summed E-state index contributed by atoms with van der Waals surface area (Å²) in [5.74, 6) is 0. The van der Waals surface area contributed by atoms with Crippen molar-refractivity contribution in [3.63, 3.8) is 0 Å². The SMILES string of the molecule is CCC[n+]1ccn(CCC[Si](OCC)(OCC)OCC)c1. The van der Waals surface area contributed by atoms with Crippen molar-refractivity contribution in [2.75, 3.05) is 19.8 Å². The van der Waals surface area contributed by atoms with Crippen molar-refractivity contribution in [2.24, 2.45) is 0 Å².